The van der Waals surface area contributed by atoms with Gasteiger partial charge in [-0.15, -0.1) is 5.10 Å². The average Bonchev–Trinajstić information content (AvgIpc) is 3.41. The molecule has 2 fully saturated rings. The van der Waals surface area contributed by atoms with E-state index in [0.29, 0.717) is 30.7 Å². The molecule has 2 saturated carbocycles. The molecule has 5 atom stereocenters. The molecule has 3 aliphatic carbocycles. The zero-order chi connectivity index (χ0) is 23.1. The van der Waals surface area contributed by atoms with Gasteiger partial charge in [0.15, 0.2) is 0 Å². The topological polar surface area (TPSA) is 91.4 Å². The molecule has 1 spiro atoms. The average molecular weight is 448 g/mol. The summed E-state index contributed by atoms with van der Waals surface area (Å²) in [5, 5.41) is 41.9. The summed E-state index contributed by atoms with van der Waals surface area (Å²) in [7, 11) is 0. The van der Waals surface area contributed by atoms with Gasteiger partial charge in [0.1, 0.15) is 17.3 Å². The monoisotopic (exact) mass is 447 g/mol. The van der Waals surface area contributed by atoms with Crippen molar-refractivity contribution < 1.29 is 19.7 Å². The highest BCUT2D eigenvalue weighted by atomic mass is 19.1. The van der Waals surface area contributed by atoms with Gasteiger partial charge in [-0.3, -0.25) is 4.68 Å². The van der Waals surface area contributed by atoms with E-state index in [1.807, 2.05) is 19.2 Å². The van der Waals surface area contributed by atoms with Crippen LogP contribution in [0, 0.1) is 18.2 Å². The number of halogens is 1. The van der Waals surface area contributed by atoms with E-state index in [0.717, 1.165) is 28.7 Å². The molecule has 1 heterocycles. The standard InChI is InChI=1S/C26H26FN3O3/c1-14-22(31)8-7-18-19-9-10-25(33)13-26(19,24(32)15(25)2)20(23(14)18)11-30-12-21(28-29-30)16-3-5-17(27)6-4-16/h3-8,12,19-20,24,31-33H,2,9-11,13H2,1H3/t19-,20-,24?,25-,26?/m0/s1. The molecule has 2 aromatic carbocycles. The first-order chi connectivity index (χ1) is 15.7. The van der Waals surface area contributed by atoms with E-state index in [4.69, 9.17) is 0 Å². The van der Waals surface area contributed by atoms with Crippen LogP contribution in [0.1, 0.15) is 47.8 Å². The third-order valence-electron chi connectivity index (χ3n) is 8.47. The van der Waals surface area contributed by atoms with Crippen molar-refractivity contribution in [1.82, 2.24) is 15.0 Å². The van der Waals surface area contributed by atoms with Crippen molar-refractivity contribution >= 4 is 0 Å². The van der Waals surface area contributed by atoms with Crippen LogP contribution >= 0.6 is 0 Å². The van der Waals surface area contributed by atoms with Crippen LogP contribution in [0.25, 0.3) is 11.3 Å². The van der Waals surface area contributed by atoms with Crippen molar-refractivity contribution in [3.8, 4) is 17.0 Å². The molecule has 0 aliphatic heterocycles. The van der Waals surface area contributed by atoms with E-state index in [1.165, 1.54) is 12.1 Å². The maximum absolute atomic E-state index is 13.3. The summed E-state index contributed by atoms with van der Waals surface area (Å²) in [6, 6.07) is 9.80. The lowest BCUT2D eigenvalue weighted by atomic mass is 9.62. The van der Waals surface area contributed by atoms with Gasteiger partial charge in [-0.2, -0.15) is 0 Å². The third-order valence-corrected chi connectivity index (χ3v) is 8.47. The molecule has 33 heavy (non-hydrogen) atoms. The van der Waals surface area contributed by atoms with Crippen molar-refractivity contribution in [3.63, 3.8) is 0 Å². The minimum absolute atomic E-state index is 0.0615. The number of hydrogen-bond acceptors (Lipinski definition) is 5. The summed E-state index contributed by atoms with van der Waals surface area (Å²) in [6.07, 6.45) is 2.72. The highest BCUT2D eigenvalue weighted by Gasteiger charge is 2.69. The van der Waals surface area contributed by atoms with E-state index in [2.05, 4.69) is 16.9 Å². The second kappa shape index (κ2) is 6.74. The SMILES string of the molecule is C=C1C(O)C23C[C@@]1(O)CC[C@H]2c1ccc(O)c(C)c1[C@@H]3Cn1cc(-c2ccc(F)cc2)nn1. The molecule has 3 aromatic rings. The normalized spacial score (nSPS) is 32.1. The summed E-state index contributed by atoms with van der Waals surface area (Å²) >= 11 is 0. The molecule has 2 unspecified atom stereocenters. The summed E-state index contributed by atoms with van der Waals surface area (Å²) in [5.41, 5.74) is 3.15. The molecular weight excluding hydrogens is 421 g/mol. The predicted molar refractivity (Wildman–Crippen MR) is 120 cm³/mol. The Morgan fingerprint density at radius 3 is 2.73 bits per heavy atom. The van der Waals surface area contributed by atoms with Gasteiger partial charge < -0.3 is 15.3 Å². The molecule has 170 valence electrons. The van der Waals surface area contributed by atoms with Crippen LogP contribution in [-0.4, -0.2) is 42.0 Å². The Bertz CT molecular complexity index is 1290. The first-order valence-electron chi connectivity index (χ1n) is 11.3. The molecule has 0 saturated heterocycles. The lowest BCUT2D eigenvalue weighted by molar-refractivity contribution is -0.0230. The van der Waals surface area contributed by atoms with E-state index in [9.17, 15) is 19.7 Å². The van der Waals surface area contributed by atoms with Gasteiger partial charge in [0.25, 0.3) is 0 Å². The van der Waals surface area contributed by atoms with Gasteiger partial charge in [-0.05, 0) is 84.7 Å². The summed E-state index contributed by atoms with van der Waals surface area (Å²) in [6.45, 7) is 6.42. The van der Waals surface area contributed by atoms with Crippen molar-refractivity contribution in [2.45, 2.75) is 56.3 Å². The van der Waals surface area contributed by atoms with Crippen molar-refractivity contribution in [1.29, 1.82) is 0 Å². The van der Waals surface area contributed by atoms with Gasteiger partial charge >= 0.3 is 0 Å². The maximum Gasteiger partial charge on any atom is 0.123 e. The van der Waals surface area contributed by atoms with Crippen molar-refractivity contribution in [3.05, 3.63) is 77.3 Å². The molecule has 0 radical (unpaired) electrons. The first kappa shape index (κ1) is 20.6. The molecule has 6 rings (SSSR count). The number of aliphatic hydroxyl groups excluding tert-OH is 1. The van der Waals surface area contributed by atoms with Gasteiger partial charge in [-0.1, -0.05) is 17.9 Å². The number of phenolic OH excluding ortho intramolecular Hbond substituents is 1. The molecule has 3 aliphatic rings. The Morgan fingerprint density at radius 2 is 1.97 bits per heavy atom. The second-order valence-corrected chi connectivity index (χ2v) is 9.94. The van der Waals surface area contributed by atoms with Crippen LogP contribution in [0.4, 0.5) is 4.39 Å². The van der Waals surface area contributed by atoms with Crippen molar-refractivity contribution in [2.24, 2.45) is 5.41 Å². The fourth-order valence-corrected chi connectivity index (χ4v) is 6.87. The number of aliphatic hydroxyl groups is 2. The Hall–Kier alpha value is -3.03. The highest BCUT2D eigenvalue weighted by molar-refractivity contribution is 5.58. The molecule has 7 heteroatoms. The second-order valence-electron chi connectivity index (χ2n) is 9.94. The minimum Gasteiger partial charge on any atom is -0.508 e. The fraction of sp³-hybridized carbons (Fsp3) is 0.385. The van der Waals surface area contributed by atoms with Gasteiger partial charge in [-0.25, -0.2) is 4.39 Å². The Morgan fingerprint density at radius 1 is 1.21 bits per heavy atom. The van der Waals surface area contributed by atoms with Gasteiger partial charge in [0.2, 0.25) is 0 Å². The van der Waals surface area contributed by atoms with E-state index in [-0.39, 0.29) is 23.4 Å². The van der Waals surface area contributed by atoms with E-state index >= 15 is 0 Å². The molecular formula is C26H26FN3O3. The number of hydrogen-bond donors (Lipinski definition) is 3. The lowest BCUT2D eigenvalue weighted by Crippen LogP contribution is -2.42. The van der Waals surface area contributed by atoms with Gasteiger partial charge in [0, 0.05) is 16.9 Å². The molecule has 0 amide bonds. The first-order valence-corrected chi connectivity index (χ1v) is 11.3. The number of fused-ring (bicyclic) bond motifs is 3. The molecule has 1 aromatic heterocycles. The Kier molecular flexibility index (Phi) is 4.20. The molecule has 3 N–H and O–H groups in total. The quantitative estimate of drug-likeness (QED) is 0.531. The van der Waals surface area contributed by atoms with Crippen LogP contribution in [0.5, 0.6) is 5.75 Å². The van der Waals surface area contributed by atoms with Crippen LogP contribution in [0.15, 0.2) is 54.7 Å². The molecule has 2 bridgehead atoms. The lowest BCUT2D eigenvalue weighted by Gasteiger charge is -2.43. The predicted octanol–water partition coefficient (Wildman–Crippen LogP) is 3.81. The van der Waals surface area contributed by atoms with Crippen LogP contribution < -0.4 is 0 Å². The summed E-state index contributed by atoms with van der Waals surface area (Å²) in [5.74, 6) is -0.213. The third kappa shape index (κ3) is 2.66. The van der Waals surface area contributed by atoms with E-state index in [1.54, 1.807) is 22.9 Å². The highest BCUT2D eigenvalue weighted by Crippen LogP contribution is 2.71. The molecule has 6 nitrogen and oxygen atoms in total. The maximum atomic E-state index is 13.3. The number of nitrogens with zero attached hydrogens (tertiary/aromatic N) is 3. The minimum atomic E-state index is -1.08. The number of aromatic nitrogens is 3. The van der Waals surface area contributed by atoms with Gasteiger partial charge in [0.05, 0.1) is 24.4 Å². The number of rotatable bonds is 3. The Balaban J connectivity index is 1.46. The zero-order valence-corrected chi connectivity index (χ0v) is 18.4. The zero-order valence-electron chi connectivity index (χ0n) is 18.4. The van der Waals surface area contributed by atoms with Crippen LogP contribution in [-0.2, 0) is 6.54 Å². The smallest absolute Gasteiger partial charge is 0.123 e. The summed E-state index contributed by atoms with van der Waals surface area (Å²) < 4.78 is 15.1. The summed E-state index contributed by atoms with van der Waals surface area (Å²) in [4.78, 5) is 0. The number of phenols is 1. The number of benzene rings is 2. The van der Waals surface area contributed by atoms with Crippen LogP contribution in [0.2, 0.25) is 0 Å². The fourth-order valence-electron chi connectivity index (χ4n) is 6.87. The van der Waals surface area contributed by atoms with E-state index < -0.39 is 17.1 Å². The number of aromatic hydroxyl groups is 1. The van der Waals surface area contributed by atoms with Crippen molar-refractivity contribution in [2.75, 3.05) is 0 Å². The largest absolute Gasteiger partial charge is 0.508 e. The Labute approximate surface area is 191 Å². The van der Waals surface area contributed by atoms with Crippen LogP contribution in [0.3, 0.4) is 0 Å².